The second-order valence-electron chi connectivity index (χ2n) is 7.39. The minimum Gasteiger partial charge on any atom is -0.481 e. The Hall–Kier alpha value is -3.70. The second kappa shape index (κ2) is 9.65. The monoisotopic (exact) mass is 497 g/mol. The molecule has 3 aromatic rings. The predicted octanol–water partition coefficient (Wildman–Crippen LogP) is 3.31. The van der Waals surface area contributed by atoms with Gasteiger partial charge in [-0.15, -0.1) is 5.10 Å². The zero-order valence-corrected chi connectivity index (χ0v) is 19.5. The van der Waals surface area contributed by atoms with Gasteiger partial charge < -0.3 is 14.6 Å². The summed E-state index contributed by atoms with van der Waals surface area (Å²) < 4.78 is 31.2. The first-order chi connectivity index (χ1) is 16.2. The summed E-state index contributed by atoms with van der Waals surface area (Å²) in [5, 5.41) is 20.2. The van der Waals surface area contributed by atoms with Crippen molar-refractivity contribution in [1.29, 1.82) is 0 Å². The molecular weight excluding hydrogens is 478 g/mol. The molecule has 0 saturated carbocycles. The number of thioether (sulfide) groups is 1. The lowest BCUT2D eigenvalue weighted by Crippen LogP contribution is -2.26. The number of rotatable bonds is 7. The highest BCUT2D eigenvalue weighted by Gasteiger charge is 2.32. The van der Waals surface area contributed by atoms with Gasteiger partial charge in [0.05, 0.1) is 12.6 Å². The molecule has 0 aliphatic carbocycles. The Morgan fingerprint density at radius 1 is 1.15 bits per heavy atom. The number of carboxylic acid groups (broad SMARTS) is 1. The number of hydrogen-bond acceptors (Lipinski definition) is 8. The SMILES string of the molecule is Cc1ccc(S(=O)(=O)Oc2ccc3ccccc3c2/C=N/N=C2\NC(=O)C(CC(=O)O)S2)cc1. The van der Waals surface area contributed by atoms with Crippen LogP contribution < -0.4 is 9.50 Å². The van der Waals surface area contributed by atoms with E-state index in [0.29, 0.717) is 10.9 Å². The molecule has 4 rings (SSSR count). The van der Waals surface area contributed by atoms with Gasteiger partial charge in [-0.25, -0.2) is 0 Å². The molecule has 1 amide bonds. The van der Waals surface area contributed by atoms with Crippen molar-refractivity contribution in [3.63, 3.8) is 0 Å². The third-order valence-corrected chi connectivity index (χ3v) is 7.23. The van der Waals surface area contributed by atoms with E-state index >= 15 is 0 Å². The fourth-order valence-electron chi connectivity index (χ4n) is 3.24. The Morgan fingerprint density at radius 2 is 1.88 bits per heavy atom. The molecule has 0 radical (unpaired) electrons. The van der Waals surface area contributed by atoms with Gasteiger partial charge in [0.2, 0.25) is 5.91 Å². The lowest BCUT2D eigenvalue weighted by Gasteiger charge is -2.11. The first-order valence-corrected chi connectivity index (χ1v) is 12.3. The topological polar surface area (TPSA) is 134 Å². The van der Waals surface area contributed by atoms with Crippen LogP contribution in [0.5, 0.6) is 5.75 Å². The summed E-state index contributed by atoms with van der Waals surface area (Å²) in [5.41, 5.74) is 1.30. The molecule has 1 saturated heterocycles. The van der Waals surface area contributed by atoms with E-state index in [1.165, 1.54) is 24.4 Å². The number of carbonyl (C=O) groups excluding carboxylic acids is 1. The molecule has 2 N–H and O–H groups in total. The summed E-state index contributed by atoms with van der Waals surface area (Å²) in [4.78, 5) is 22.8. The van der Waals surface area contributed by atoms with E-state index < -0.39 is 27.2 Å². The van der Waals surface area contributed by atoms with Crippen molar-refractivity contribution >= 4 is 55.9 Å². The molecule has 1 atom stereocenters. The predicted molar refractivity (Wildman–Crippen MR) is 130 cm³/mol. The van der Waals surface area contributed by atoms with Gasteiger partial charge in [-0.2, -0.15) is 13.5 Å². The maximum absolute atomic E-state index is 12.9. The number of amidine groups is 1. The van der Waals surface area contributed by atoms with Gasteiger partial charge in [-0.05, 0) is 35.9 Å². The molecule has 1 unspecified atom stereocenters. The van der Waals surface area contributed by atoms with E-state index in [4.69, 9.17) is 9.29 Å². The second-order valence-corrected chi connectivity index (χ2v) is 10.1. The molecular formula is C23H19N3O6S2. The molecule has 34 heavy (non-hydrogen) atoms. The van der Waals surface area contributed by atoms with Crippen LogP contribution in [0.3, 0.4) is 0 Å². The van der Waals surface area contributed by atoms with Gasteiger partial charge in [0.15, 0.2) is 10.9 Å². The van der Waals surface area contributed by atoms with E-state index in [1.807, 2.05) is 19.1 Å². The van der Waals surface area contributed by atoms with Crippen LogP contribution in [0.2, 0.25) is 0 Å². The summed E-state index contributed by atoms with van der Waals surface area (Å²) in [6.45, 7) is 1.85. The molecule has 174 valence electrons. The number of aliphatic carboxylic acids is 1. The number of carbonyl (C=O) groups is 2. The fraction of sp³-hybridized carbons (Fsp3) is 0.130. The van der Waals surface area contributed by atoms with Gasteiger partial charge in [-0.1, -0.05) is 59.8 Å². The third-order valence-electron chi connectivity index (χ3n) is 4.91. The van der Waals surface area contributed by atoms with Crippen molar-refractivity contribution in [3.8, 4) is 5.75 Å². The Kier molecular flexibility index (Phi) is 6.66. The lowest BCUT2D eigenvalue weighted by atomic mass is 10.0. The lowest BCUT2D eigenvalue weighted by molar-refractivity contribution is -0.138. The fourth-order valence-corrected chi connectivity index (χ4v) is 5.10. The van der Waals surface area contributed by atoms with E-state index in [0.717, 1.165) is 22.7 Å². The highest BCUT2D eigenvalue weighted by atomic mass is 32.2. The molecule has 0 aromatic heterocycles. The van der Waals surface area contributed by atoms with Crippen molar-refractivity contribution in [1.82, 2.24) is 5.32 Å². The summed E-state index contributed by atoms with van der Waals surface area (Å²) in [6, 6.07) is 16.9. The Balaban J connectivity index is 1.66. The average molecular weight is 498 g/mol. The molecule has 11 heteroatoms. The highest BCUT2D eigenvalue weighted by molar-refractivity contribution is 8.15. The standard InChI is InChI=1S/C23H19N3O6S2/c1-14-6-9-16(10-7-14)34(30,31)32-19-11-8-15-4-2-3-5-17(15)18(19)13-24-26-23-25-22(29)20(33-23)12-21(27)28/h2-11,13,20H,12H2,1H3,(H,27,28)(H,25,26,29)/b24-13+. The van der Waals surface area contributed by atoms with Gasteiger partial charge >= 0.3 is 16.1 Å². The molecule has 0 spiro atoms. The van der Waals surface area contributed by atoms with Crippen LogP contribution in [-0.2, 0) is 19.7 Å². The Morgan fingerprint density at radius 3 is 2.62 bits per heavy atom. The molecule has 1 heterocycles. The summed E-state index contributed by atoms with van der Waals surface area (Å²) in [5.74, 6) is -1.49. The Bertz CT molecular complexity index is 1430. The van der Waals surface area contributed by atoms with Crippen LogP contribution in [0.25, 0.3) is 10.8 Å². The molecule has 3 aromatic carbocycles. The van der Waals surface area contributed by atoms with Crippen LogP contribution in [0.15, 0.2) is 75.8 Å². The third kappa shape index (κ3) is 5.26. The maximum atomic E-state index is 12.9. The largest absolute Gasteiger partial charge is 0.481 e. The van der Waals surface area contributed by atoms with Gasteiger partial charge in [0.1, 0.15) is 10.1 Å². The first-order valence-electron chi connectivity index (χ1n) is 10.1. The van der Waals surface area contributed by atoms with Crippen LogP contribution in [0.4, 0.5) is 0 Å². The van der Waals surface area contributed by atoms with Gasteiger partial charge in [0, 0.05) is 5.56 Å². The van der Waals surface area contributed by atoms with E-state index in [-0.39, 0.29) is 22.2 Å². The van der Waals surface area contributed by atoms with Gasteiger partial charge in [-0.3, -0.25) is 9.59 Å². The summed E-state index contributed by atoms with van der Waals surface area (Å²) in [6.07, 6.45) is 1.00. The van der Waals surface area contributed by atoms with Crippen LogP contribution >= 0.6 is 11.8 Å². The van der Waals surface area contributed by atoms with Gasteiger partial charge in [0.25, 0.3) is 0 Å². The van der Waals surface area contributed by atoms with Crippen LogP contribution in [-0.4, -0.2) is 42.0 Å². The molecule has 1 aliphatic heterocycles. The molecule has 0 bridgehead atoms. The number of carboxylic acids is 1. The number of hydrogen-bond donors (Lipinski definition) is 2. The van der Waals surface area contributed by atoms with Crippen molar-refractivity contribution in [2.75, 3.05) is 0 Å². The van der Waals surface area contributed by atoms with Crippen molar-refractivity contribution < 1.29 is 27.3 Å². The number of fused-ring (bicyclic) bond motifs is 1. The molecule has 1 aliphatic rings. The molecule has 9 nitrogen and oxygen atoms in total. The van der Waals surface area contributed by atoms with E-state index in [9.17, 15) is 18.0 Å². The average Bonchev–Trinajstić information content (AvgIpc) is 3.13. The maximum Gasteiger partial charge on any atom is 0.339 e. The minimum absolute atomic E-state index is 0.0175. The van der Waals surface area contributed by atoms with Crippen molar-refractivity contribution in [3.05, 3.63) is 71.8 Å². The number of nitrogens with zero attached hydrogens (tertiary/aromatic N) is 2. The van der Waals surface area contributed by atoms with E-state index in [1.54, 1.807) is 30.3 Å². The quantitative estimate of drug-likeness (QED) is 0.290. The van der Waals surface area contributed by atoms with Crippen LogP contribution in [0.1, 0.15) is 17.5 Å². The summed E-state index contributed by atoms with van der Waals surface area (Å²) >= 11 is 0.966. The Labute approximate surface area is 199 Å². The minimum atomic E-state index is -4.10. The zero-order valence-electron chi connectivity index (χ0n) is 17.8. The normalized spacial score (nSPS) is 17.4. The number of aryl methyl sites for hydroxylation is 1. The van der Waals surface area contributed by atoms with Crippen molar-refractivity contribution in [2.45, 2.75) is 23.5 Å². The van der Waals surface area contributed by atoms with Crippen molar-refractivity contribution in [2.24, 2.45) is 10.2 Å². The number of nitrogens with one attached hydrogen (secondary N) is 1. The number of amides is 1. The smallest absolute Gasteiger partial charge is 0.339 e. The first kappa shape index (κ1) is 23.5. The summed E-state index contributed by atoms with van der Waals surface area (Å²) in [7, 11) is -4.10. The molecule has 1 fully saturated rings. The number of benzene rings is 3. The van der Waals surface area contributed by atoms with E-state index in [2.05, 4.69) is 15.5 Å². The zero-order chi connectivity index (χ0) is 24.3. The highest BCUT2D eigenvalue weighted by Crippen LogP contribution is 2.29. The van der Waals surface area contributed by atoms with Crippen LogP contribution in [0, 0.1) is 6.92 Å².